The standard InChI is InChI=1S/C17H24N4O2/c22-17(19-14-5-9-23-10-6-14)20-11-13-3-1-7-18-16(13)21-8-2-4-15(21)12-20/h1,3,7,14-15H,2,4-6,8-12H2,(H,19,22)/t15-/m1/s1. The van der Waals surface area contributed by atoms with E-state index in [2.05, 4.69) is 21.3 Å². The van der Waals surface area contributed by atoms with Crippen LogP contribution in [-0.4, -0.2) is 54.3 Å². The number of rotatable bonds is 1. The summed E-state index contributed by atoms with van der Waals surface area (Å²) in [6.45, 7) is 3.96. The number of nitrogens with zero attached hydrogens (tertiary/aromatic N) is 3. The van der Waals surface area contributed by atoms with Gasteiger partial charge in [0.2, 0.25) is 0 Å². The number of carbonyl (C=O) groups excluding carboxylic acids is 1. The quantitative estimate of drug-likeness (QED) is 0.858. The second-order valence-corrected chi connectivity index (χ2v) is 6.69. The fraction of sp³-hybridized carbons (Fsp3) is 0.647. The van der Waals surface area contributed by atoms with Crippen LogP contribution in [0.1, 0.15) is 31.2 Å². The lowest BCUT2D eigenvalue weighted by atomic mass is 10.1. The molecule has 3 aliphatic heterocycles. The summed E-state index contributed by atoms with van der Waals surface area (Å²) in [5, 5.41) is 3.20. The molecule has 124 valence electrons. The van der Waals surface area contributed by atoms with Gasteiger partial charge in [0, 0.05) is 50.1 Å². The summed E-state index contributed by atoms with van der Waals surface area (Å²) < 4.78 is 5.37. The van der Waals surface area contributed by atoms with Gasteiger partial charge in [-0.1, -0.05) is 6.07 Å². The molecule has 1 N–H and O–H groups in total. The minimum absolute atomic E-state index is 0.0560. The lowest BCUT2D eigenvalue weighted by molar-refractivity contribution is 0.0778. The first-order valence-electron chi connectivity index (χ1n) is 8.65. The largest absolute Gasteiger partial charge is 0.381 e. The Morgan fingerprint density at radius 3 is 3.04 bits per heavy atom. The lowest BCUT2D eigenvalue weighted by Gasteiger charge is -2.29. The smallest absolute Gasteiger partial charge is 0.317 e. The molecule has 0 aliphatic carbocycles. The highest BCUT2D eigenvalue weighted by atomic mass is 16.5. The Labute approximate surface area is 136 Å². The van der Waals surface area contributed by atoms with Crippen molar-refractivity contribution in [2.75, 3.05) is 31.2 Å². The van der Waals surface area contributed by atoms with Crippen LogP contribution in [0.4, 0.5) is 10.6 Å². The Morgan fingerprint density at radius 2 is 2.17 bits per heavy atom. The van der Waals surface area contributed by atoms with E-state index in [-0.39, 0.29) is 12.1 Å². The van der Waals surface area contributed by atoms with Gasteiger partial charge in [-0.05, 0) is 31.7 Å². The molecule has 6 heteroatoms. The van der Waals surface area contributed by atoms with Crippen LogP contribution in [-0.2, 0) is 11.3 Å². The molecule has 1 atom stereocenters. The van der Waals surface area contributed by atoms with Crippen molar-refractivity contribution in [3.05, 3.63) is 23.9 Å². The lowest BCUT2D eigenvalue weighted by Crippen LogP contribution is -2.49. The van der Waals surface area contributed by atoms with Crippen molar-refractivity contribution in [2.45, 2.75) is 44.3 Å². The fourth-order valence-electron chi connectivity index (χ4n) is 3.90. The van der Waals surface area contributed by atoms with Gasteiger partial charge in [-0.2, -0.15) is 0 Å². The summed E-state index contributed by atoms with van der Waals surface area (Å²) in [6, 6.07) is 4.75. The number of urea groups is 1. The predicted molar refractivity (Wildman–Crippen MR) is 87.4 cm³/mol. The number of amides is 2. The maximum Gasteiger partial charge on any atom is 0.317 e. The summed E-state index contributed by atoms with van der Waals surface area (Å²) in [6.07, 6.45) is 5.99. The molecule has 0 aromatic carbocycles. The van der Waals surface area contributed by atoms with Crippen molar-refractivity contribution in [1.29, 1.82) is 0 Å². The first-order valence-corrected chi connectivity index (χ1v) is 8.65. The van der Waals surface area contributed by atoms with Crippen molar-refractivity contribution in [2.24, 2.45) is 0 Å². The second kappa shape index (κ2) is 6.35. The first-order chi connectivity index (χ1) is 11.3. The summed E-state index contributed by atoms with van der Waals surface area (Å²) in [5.74, 6) is 1.07. The number of carbonyl (C=O) groups is 1. The van der Waals surface area contributed by atoms with E-state index in [1.54, 1.807) is 0 Å². The number of nitrogens with one attached hydrogen (secondary N) is 1. The Balaban J connectivity index is 1.52. The molecule has 0 spiro atoms. The molecule has 0 unspecified atom stereocenters. The average Bonchev–Trinajstić information content (AvgIpc) is 2.97. The van der Waals surface area contributed by atoms with Gasteiger partial charge in [0.15, 0.2) is 0 Å². The van der Waals surface area contributed by atoms with Crippen LogP contribution < -0.4 is 10.2 Å². The van der Waals surface area contributed by atoms with E-state index in [1.165, 1.54) is 6.42 Å². The molecule has 0 bridgehead atoms. The number of anilines is 1. The van der Waals surface area contributed by atoms with E-state index in [9.17, 15) is 4.79 Å². The van der Waals surface area contributed by atoms with E-state index in [4.69, 9.17) is 4.74 Å². The molecule has 23 heavy (non-hydrogen) atoms. The number of ether oxygens (including phenoxy) is 1. The minimum Gasteiger partial charge on any atom is -0.381 e. The summed E-state index contributed by atoms with van der Waals surface area (Å²) in [5.41, 5.74) is 1.15. The third-order valence-corrected chi connectivity index (χ3v) is 5.15. The van der Waals surface area contributed by atoms with E-state index < -0.39 is 0 Å². The van der Waals surface area contributed by atoms with Crippen LogP contribution in [0.15, 0.2) is 18.3 Å². The molecule has 6 nitrogen and oxygen atoms in total. The zero-order valence-electron chi connectivity index (χ0n) is 13.4. The first kappa shape index (κ1) is 14.8. The van der Waals surface area contributed by atoms with Crippen LogP contribution in [0.5, 0.6) is 0 Å². The summed E-state index contributed by atoms with van der Waals surface area (Å²) in [7, 11) is 0. The summed E-state index contributed by atoms with van der Waals surface area (Å²) >= 11 is 0. The maximum atomic E-state index is 12.8. The number of fused-ring (bicyclic) bond motifs is 3. The zero-order valence-corrected chi connectivity index (χ0v) is 13.4. The molecule has 2 saturated heterocycles. The van der Waals surface area contributed by atoms with E-state index >= 15 is 0 Å². The van der Waals surface area contributed by atoms with Gasteiger partial charge in [-0.3, -0.25) is 0 Å². The highest BCUT2D eigenvalue weighted by molar-refractivity contribution is 5.75. The maximum absolute atomic E-state index is 12.8. The van der Waals surface area contributed by atoms with E-state index in [0.717, 1.165) is 56.9 Å². The van der Waals surface area contributed by atoms with Gasteiger partial charge in [-0.15, -0.1) is 0 Å². The van der Waals surface area contributed by atoms with Crippen LogP contribution in [0.2, 0.25) is 0 Å². The Kier molecular flexibility index (Phi) is 4.08. The van der Waals surface area contributed by atoms with Crippen LogP contribution in [0.3, 0.4) is 0 Å². The monoisotopic (exact) mass is 316 g/mol. The zero-order chi connectivity index (χ0) is 15.6. The molecular formula is C17H24N4O2. The van der Waals surface area contributed by atoms with Gasteiger partial charge in [0.25, 0.3) is 0 Å². The Morgan fingerprint density at radius 1 is 1.30 bits per heavy atom. The molecule has 4 rings (SSSR count). The van der Waals surface area contributed by atoms with Crippen molar-refractivity contribution < 1.29 is 9.53 Å². The van der Waals surface area contributed by atoms with Crippen LogP contribution in [0.25, 0.3) is 0 Å². The normalized spacial score (nSPS) is 24.8. The van der Waals surface area contributed by atoms with E-state index in [1.807, 2.05) is 17.2 Å². The second-order valence-electron chi connectivity index (χ2n) is 6.69. The number of hydrogen-bond donors (Lipinski definition) is 1. The van der Waals surface area contributed by atoms with Crippen molar-refractivity contribution in [3.63, 3.8) is 0 Å². The molecule has 0 saturated carbocycles. The topological polar surface area (TPSA) is 57.7 Å². The van der Waals surface area contributed by atoms with Gasteiger partial charge >= 0.3 is 6.03 Å². The minimum atomic E-state index is 0.0560. The molecule has 2 fully saturated rings. The van der Waals surface area contributed by atoms with E-state index in [0.29, 0.717) is 12.6 Å². The molecule has 3 aliphatic rings. The predicted octanol–water partition coefficient (Wildman–Crippen LogP) is 1.75. The van der Waals surface area contributed by atoms with Crippen molar-refractivity contribution in [3.8, 4) is 0 Å². The SMILES string of the molecule is O=C(NC1CCOCC1)N1Cc2cccnc2N2CCC[C@@H]2C1. The van der Waals surface area contributed by atoms with Crippen LogP contribution >= 0.6 is 0 Å². The van der Waals surface area contributed by atoms with Gasteiger partial charge in [-0.25, -0.2) is 9.78 Å². The van der Waals surface area contributed by atoms with Gasteiger partial charge < -0.3 is 19.9 Å². The Hall–Kier alpha value is -1.82. The number of pyridine rings is 1. The molecular weight excluding hydrogens is 292 g/mol. The molecule has 0 radical (unpaired) electrons. The Bertz CT molecular complexity index is 573. The van der Waals surface area contributed by atoms with Gasteiger partial charge in [0.05, 0.1) is 6.54 Å². The average molecular weight is 316 g/mol. The highest BCUT2D eigenvalue weighted by Crippen LogP contribution is 2.31. The van der Waals surface area contributed by atoms with Gasteiger partial charge in [0.1, 0.15) is 5.82 Å². The van der Waals surface area contributed by atoms with Crippen LogP contribution in [0, 0.1) is 0 Å². The molecule has 2 amide bonds. The molecule has 1 aromatic rings. The molecule has 1 aromatic heterocycles. The molecule has 4 heterocycles. The third kappa shape index (κ3) is 3.00. The number of aromatic nitrogens is 1. The number of hydrogen-bond acceptors (Lipinski definition) is 4. The summed E-state index contributed by atoms with van der Waals surface area (Å²) in [4.78, 5) is 21.7. The fourth-order valence-corrected chi connectivity index (χ4v) is 3.90. The van der Waals surface area contributed by atoms with Crippen molar-refractivity contribution in [1.82, 2.24) is 15.2 Å². The third-order valence-electron chi connectivity index (χ3n) is 5.15. The highest BCUT2D eigenvalue weighted by Gasteiger charge is 2.34. The van der Waals surface area contributed by atoms with Crippen molar-refractivity contribution >= 4 is 11.8 Å².